The van der Waals surface area contributed by atoms with Crippen molar-refractivity contribution in [3.63, 3.8) is 0 Å². The fraction of sp³-hybridized carbons (Fsp3) is 0.400. The van der Waals surface area contributed by atoms with Crippen molar-refractivity contribution in [3.05, 3.63) is 29.3 Å². The minimum absolute atomic E-state index is 0.0411. The maximum Gasteiger partial charge on any atom is 0.294 e. The molecule has 0 aliphatic rings. The van der Waals surface area contributed by atoms with Gasteiger partial charge >= 0.3 is 0 Å². The Morgan fingerprint density at radius 2 is 1.86 bits per heavy atom. The van der Waals surface area contributed by atoms with E-state index in [2.05, 4.69) is 0 Å². The van der Waals surface area contributed by atoms with Crippen LogP contribution in [0.5, 0.6) is 0 Å². The summed E-state index contributed by atoms with van der Waals surface area (Å²) in [6.45, 7) is 3.80. The van der Waals surface area contributed by atoms with Gasteiger partial charge in [-0.15, -0.1) is 0 Å². The molecule has 14 heavy (non-hydrogen) atoms. The number of rotatable bonds is 3. The lowest BCUT2D eigenvalue weighted by atomic mass is 10.1. The molecular weight excluding hydrogens is 200 g/mol. The van der Waals surface area contributed by atoms with E-state index < -0.39 is 10.1 Å². The van der Waals surface area contributed by atoms with Gasteiger partial charge in [0.25, 0.3) is 10.1 Å². The lowest BCUT2D eigenvalue weighted by Crippen LogP contribution is -2.03. The summed E-state index contributed by atoms with van der Waals surface area (Å²) < 4.78 is 31.1. The molecule has 0 heterocycles. The average molecular weight is 214 g/mol. The molecule has 0 fully saturated rings. The Morgan fingerprint density at radius 3 is 2.29 bits per heavy atom. The van der Waals surface area contributed by atoms with Gasteiger partial charge in [-0.2, -0.15) is 8.42 Å². The summed E-state index contributed by atoms with van der Waals surface area (Å²) in [4.78, 5) is 0.0411. The molecule has 0 saturated carbocycles. The monoisotopic (exact) mass is 214 g/mol. The summed E-state index contributed by atoms with van der Waals surface area (Å²) >= 11 is 0. The molecule has 0 unspecified atom stereocenters. The largest absolute Gasteiger partial charge is 0.294 e. The third-order valence-corrected chi connectivity index (χ3v) is 3.13. The van der Waals surface area contributed by atoms with Crippen LogP contribution in [0.25, 0.3) is 0 Å². The highest BCUT2D eigenvalue weighted by atomic mass is 32.2. The lowest BCUT2D eigenvalue weighted by molar-refractivity contribution is 0.482. The van der Waals surface area contributed by atoms with Crippen molar-refractivity contribution in [3.8, 4) is 0 Å². The van der Waals surface area contributed by atoms with Crippen molar-refractivity contribution in [2.45, 2.75) is 31.6 Å². The molecule has 0 spiro atoms. The van der Waals surface area contributed by atoms with Crippen LogP contribution in [-0.2, 0) is 23.0 Å². The van der Waals surface area contributed by atoms with E-state index in [-0.39, 0.29) is 4.90 Å². The smallest absolute Gasteiger partial charge is 0.282 e. The second-order valence-corrected chi connectivity index (χ2v) is 4.51. The van der Waals surface area contributed by atoms with E-state index in [4.69, 9.17) is 4.55 Å². The van der Waals surface area contributed by atoms with Crippen LogP contribution in [0.4, 0.5) is 0 Å². The third-order valence-electron chi connectivity index (χ3n) is 2.20. The number of hydrogen-bond donors (Lipinski definition) is 1. The van der Waals surface area contributed by atoms with Crippen LogP contribution in [-0.4, -0.2) is 13.0 Å². The van der Waals surface area contributed by atoms with Gasteiger partial charge in [0.1, 0.15) is 0 Å². The molecule has 3 nitrogen and oxygen atoms in total. The maximum atomic E-state index is 11.0. The van der Waals surface area contributed by atoms with Gasteiger partial charge in [0.15, 0.2) is 0 Å². The highest BCUT2D eigenvalue weighted by molar-refractivity contribution is 7.85. The predicted octanol–water partition coefficient (Wildman–Crippen LogP) is 2.06. The molecule has 1 rings (SSSR count). The molecule has 0 aromatic heterocycles. The second kappa shape index (κ2) is 4.11. The Labute approximate surface area is 84.5 Å². The molecule has 0 radical (unpaired) electrons. The van der Waals surface area contributed by atoms with Crippen LogP contribution in [0.15, 0.2) is 23.1 Å². The minimum atomic E-state index is -4.08. The Hall–Kier alpha value is -0.870. The standard InChI is InChI=1S/C10H14O3S/c1-3-8-5-6-9(4-2)10(7-8)14(11,12)13/h5-7H,3-4H2,1-2H3,(H,11,12,13). The van der Waals surface area contributed by atoms with Crippen LogP contribution < -0.4 is 0 Å². The summed E-state index contributed by atoms with van der Waals surface area (Å²) in [7, 11) is -4.08. The van der Waals surface area contributed by atoms with Crippen LogP contribution in [0.3, 0.4) is 0 Å². The summed E-state index contributed by atoms with van der Waals surface area (Å²) in [5, 5.41) is 0. The van der Waals surface area contributed by atoms with Crippen molar-refractivity contribution in [2.24, 2.45) is 0 Å². The predicted molar refractivity (Wildman–Crippen MR) is 55.0 cm³/mol. The molecule has 1 aromatic carbocycles. The van der Waals surface area contributed by atoms with E-state index in [0.29, 0.717) is 12.0 Å². The molecule has 1 aromatic rings. The van der Waals surface area contributed by atoms with E-state index in [1.54, 1.807) is 6.07 Å². The molecule has 0 saturated heterocycles. The van der Waals surface area contributed by atoms with E-state index in [0.717, 1.165) is 12.0 Å². The molecule has 78 valence electrons. The number of hydrogen-bond acceptors (Lipinski definition) is 2. The molecule has 0 atom stereocenters. The quantitative estimate of drug-likeness (QED) is 0.783. The molecule has 0 aliphatic heterocycles. The second-order valence-electron chi connectivity index (χ2n) is 3.12. The first kappa shape index (κ1) is 11.2. The van der Waals surface area contributed by atoms with Crippen molar-refractivity contribution in [1.29, 1.82) is 0 Å². The van der Waals surface area contributed by atoms with E-state index in [1.807, 2.05) is 19.9 Å². The first-order valence-corrected chi connectivity index (χ1v) is 6.02. The van der Waals surface area contributed by atoms with Gasteiger partial charge in [-0.25, -0.2) is 0 Å². The van der Waals surface area contributed by atoms with E-state index in [9.17, 15) is 8.42 Å². The first-order valence-electron chi connectivity index (χ1n) is 4.58. The Bertz CT molecular complexity index is 421. The molecule has 0 aliphatic carbocycles. The summed E-state index contributed by atoms with van der Waals surface area (Å²) in [5.41, 5.74) is 1.57. The molecule has 1 N–H and O–H groups in total. The zero-order valence-corrected chi connectivity index (χ0v) is 9.13. The van der Waals surface area contributed by atoms with Gasteiger partial charge in [-0.1, -0.05) is 26.0 Å². The summed E-state index contributed by atoms with van der Waals surface area (Å²) in [6.07, 6.45) is 1.35. The van der Waals surface area contributed by atoms with E-state index >= 15 is 0 Å². The van der Waals surface area contributed by atoms with Crippen molar-refractivity contribution in [2.75, 3.05) is 0 Å². The minimum Gasteiger partial charge on any atom is -0.282 e. The fourth-order valence-electron chi connectivity index (χ4n) is 1.35. The van der Waals surface area contributed by atoms with Gasteiger partial charge in [0.05, 0.1) is 4.90 Å². The summed E-state index contributed by atoms with van der Waals surface area (Å²) in [5.74, 6) is 0. The normalized spacial score (nSPS) is 11.6. The molecule has 0 amide bonds. The topological polar surface area (TPSA) is 54.4 Å². The molecule has 4 heteroatoms. The zero-order valence-electron chi connectivity index (χ0n) is 8.32. The van der Waals surface area contributed by atoms with Gasteiger partial charge < -0.3 is 0 Å². The van der Waals surface area contributed by atoms with Crippen LogP contribution in [0, 0.1) is 0 Å². The maximum absolute atomic E-state index is 11.0. The fourth-order valence-corrected chi connectivity index (χ4v) is 2.20. The van der Waals surface area contributed by atoms with Crippen molar-refractivity contribution >= 4 is 10.1 Å². The van der Waals surface area contributed by atoms with Crippen molar-refractivity contribution in [1.82, 2.24) is 0 Å². The highest BCUT2D eigenvalue weighted by Crippen LogP contribution is 2.18. The van der Waals surface area contributed by atoms with Crippen LogP contribution >= 0.6 is 0 Å². The average Bonchev–Trinajstić information content (AvgIpc) is 2.15. The first-order chi connectivity index (χ1) is 6.49. The highest BCUT2D eigenvalue weighted by Gasteiger charge is 2.14. The number of benzene rings is 1. The van der Waals surface area contributed by atoms with Gasteiger partial charge in [-0.3, -0.25) is 4.55 Å². The Morgan fingerprint density at radius 1 is 1.21 bits per heavy atom. The van der Waals surface area contributed by atoms with Gasteiger partial charge in [0, 0.05) is 0 Å². The summed E-state index contributed by atoms with van der Waals surface area (Å²) in [6, 6.07) is 5.17. The Balaban J connectivity index is 3.37. The molecule has 0 bridgehead atoms. The van der Waals surface area contributed by atoms with Gasteiger partial charge in [0.2, 0.25) is 0 Å². The van der Waals surface area contributed by atoms with E-state index in [1.165, 1.54) is 6.07 Å². The van der Waals surface area contributed by atoms with Crippen molar-refractivity contribution < 1.29 is 13.0 Å². The Kier molecular flexibility index (Phi) is 3.29. The number of aryl methyl sites for hydroxylation is 2. The third kappa shape index (κ3) is 2.33. The van der Waals surface area contributed by atoms with Crippen LogP contribution in [0.1, 0.15) is 25.0 Å². The SMILES string of the molecule is CCc1ccc(CC)c(S(=O)(=O)O)c1. The molecular formula is C10H14O3S. The van der Waals surface area contributed by atoms with Crippen LogP contribution in [0.2, 0.25) is 0 Å². The lowest BCUT2D eigenvalue weighted by Gasteiger charge is -2.06. The zero-order chi connectivity index (χ0) is 10.8. The van der Waals surface area contributed by atoms with Gasteiger partial charge in [-0.05, 0) is 30.0 Å².